The second-order valence-electron chi connectivity index (χ2n) is 4.02. The van der Waals surface area contributed by atoms with E-state index >= 15 is 0 Å². The van der Waals surface area contributed by atoms with Crippen LogP contribution in [0.2, 0.25) is 0 Å². The number of carbonyl (C=O) groups is 1. The van der Waals surface area contributed by atoms with E-state index in [9.17, 15) is 4.79 Å². The summed E-state index contributed by atoms with van der Waals surface area (Å²) in [6, 6.07) is 7.81. The topological polar surface area (TPSA) is 63.3 Å². The maximum atomic E-state index is 10.9. The average Bonchev–Trinajstić information content (AvgIpc) is 2.18. The summed E-state index contributed by atoms with van der Waals surface area (Å²) in [5.41, 5.74) is 6.71. The summed E-state index contributed by atoms with van der Waals surface area (Å²) in [5.74, 6) is -0.964. The number of carboxylic acid groups (broad SMARTS) is 1. The van der Waals surface area contributed by atoms with Crippen LogP contribution >= 0.6 is 0 Å². The van der Waals surface area contributed by atoms with Gasteiger partial charge in [0.2, 0.25) is 0 Å². The Hall–Kier alpha value is -1.35. The van der Waals surface area contributed by atoms with Crippen molar-refractivity contribution in [3.63, 3.8) is 0 Å². The molecule has 0 saturated heterocycles. The molecular weight excluding hydrogens is 190 g/mol. The molecule has 1 aromatic carbocycles. The Kier molecular flexibility index (Phi) is 3.48. The zero-order valence-corrected chi connectivity index (χ0v) is 9.16. The van der Waals surface area contributed by atoms with E-state index in [2.05, 4.69) is 0 Å². The van der Waals surface area contributed by atoms with Crippen molar-refractivity contribution in [2.45, 2.75) is 32.2 Å². The van der Waals surface area contributed by atoms with E-state index in [1.807, 2.05) is 31.2 Å². The van der Waals surface area contributed by atoms with Gasteiger partial charge in [-0.15, -0.1) is 0 Å². The summed E-state index contributed by atoms with van der Waals surface area (Å²) in [6.45, 7) is 3.59. The van der Waals surface area contributed by atoms with Crippen molar-refractivity contribution in [1.82, 2.24) is 0 Å². The fourth-order valence-electron chi connectivity index (χ4n) is 1.55. The summed E-state index contributed by atoms with van der Waals surface area (Å²) in [4.78, 5) is 10.9. The van der Waals surface area contributed by atoms with Crippen molar-refractivity contribution in [2.75, 3.05) is 0 Å². The van der Waals surface area contributed by atoms with Crippen LogP contribution in [0.1, 0.15) is 25.0 Å². The minimum atomic E-state index is -1.19. The molecule has 3 N–H and O–H groups in total. The largest absolute Gasteiger partial charge is 0.480 e. The molecule has 0 aliphatic heterocycles. The maximum Gasteiger partial charge on any atom is 0.323 e. The molecule has 0 bridgehead atoms. The smallest absolute Gasteiger partial charge is 0.323 e. The molecule has 15 heavy (non-hydrogen) atoms. The predicted octanol–water partition coefficient (Wildman–Crippen LogP) is 1.59. The quantitative estimate of drug-likeness (QED) is 0.788. The number of rotatable bonds is 4. The average molecular weight is 207 g/mol. The standard InChI is InChI=1S/C12H17NO2/c1-3-9-6-4-5-7-10(9)8-12(2,13)11(14)15/h4-7H,3,8,13H2,1-2H3,(H,14,15). The van der Waals surface area contributed by atoms with E-state index in [1.165, 1.54) is 0 Å². The highest BCUT2D eigenvalue weighted by atomic mass is 16.4. The Balaban J connectivity index is 2.94. The van der Waals surface area contributed by atoms with Gasteiger partial charge in [-0.25, -0.2) is 0 Å². The van der Waals surface area contributed by atoms with Gasteiger partial charge in [-0.05, 0) is 24.5 Å². The lowest BCUT2D eigenvalue weighted by Gasteiger charge is -2.20. The van der Waals surface area contributed by atoms with Gasteiger partial charge in [-0.1, -0.05) is 31.2 Å². The monoisotopic (exact) mass is 207 g/mol. The molecule has 1 atom stereocenters. The highest BCUT2D eigenvalue weighted by molar-refractivity contribution is 5.78. The zero-order chi connectivity index (χ0) is 11.5. The second-order valence-corrected chi connectivity index (χ2v) is 4.02. The lowest BCUT2D eigenvalue weighted by atomic mass is 9.90. The molecule has 3 heteroatoms. The summed E-state index contributed by atoms with van der Waals surface area (Å²) in [7, 11) is 0. The van der Waals surface area contributed by atoms with Gasteiger partial charge in [0, 0.05) is 6.42 Å². The third-order valence-electron chi connectivity index (χ3n) is 2.55. The zero-order valence-electron chi connectivity index (χ0n) is 9.16. The number of benzene rings is 1. The van der Waals surface area contributed by atoms with Crippen molar-refractivity contribution < 1.29 is 9.90 Å². The van der Waals surface area contributed by atoms with Crippen LogP contribution in [0, 0.1) is 0 Å². The Bertz CT molecular complexity index is 358. The number of nitrogens with two attached hydrogens (primary N) is 1. The number of carboxylic acids is 1. The van der Waals surface area contributed by atoms with Crippen LogP contribution < -0.4 is 5.73 Å². The molecule has 0 amide bonds. The summed E-state index contributed by atoms with van der Waals surface area (Å²) in [5, 5.41) is 8.94. The van der Waals surface area contributed by atoms with Gasteiger partial charge in [0.05, 0.1) is 0 Å². The first-order valence-corrected chi connectivity index (χ1v) is 5.06. The first kappa shape index (κ1) is 11.7. The molecule has 0 aromatic heterocycles. The van der Waals surface area contributed by atoms with Crippen LogP contribution in [0.4, 0.5) is 0 Å². The molecule has 0 spiro atoms. The Morgan fingerprint density at radius 1 is 1.40 bits per heavy atom. The van der Waals surface area contributed by atoms with E-state index < -0.39 is 11.5 Å². The number of hydrogen-bond acceptors (Lipinski definition) is 2. The molecule has 0 aliphatic carbocycles. The van der Waals surface area contributed by atoms with E-state index in [1.54, 1.807) is 6.92 Å². The molecule has 0 radical (unpaired) electrons. The van der Waals surface area contributed by atoms with Gasteiger partial charge in [0.15, 0.2) is 0 Å². The summed E-state index contributed by atoms with van der Waals surface area (Å²) < 4.78 is 0. The summed E-state index contributed by atoms with van der Waals surface area (Å²) in [6.07, 6.45) is 1.26. The van der Waals surface area contributed by atoms with Crippen molar-refractivity contribution in [3.05, 3.63) is 35.4 Å². The van der Waals surface area contributed by atoms with Crippen LogP contribution in [0.25, 0.3) is 0 Å². The van der Waals surface area contributed by atoms with Crippen molar-refractivity contribution >= 4 is 5.97 Å². The number of hydrogen-bond donors (Lipinski definition) is 2. The third kappa shape index (κ3) is 2.80. The number of aliphatic carboxylic acids is 1. The van der Waals surface area contributed by atoms with Crippen LogP contribution in [-0.2, 0) is 17.6 Å². The fourth-order valence-corrected chi connectivity index (χ4v) is 1.55. The van der Waals surface area contributed by atoms with Gasteiger partial charge in [-0.3, -0.25) is 4.79 Å². The molecular formula is C12H17NO2. The maximum absolute atomic E-state index is 10.9. The predicted molar refractivity (Wildman–Crippen MR) is 59.8 cm³/mol. The third-order valence-corrected chi connectivity index (χ3v) is 2.55. The first-order chi connectivity index (χ1) is 6.97. The molecule has 0 fully saturated rings. The normalized spacial score (nSPS) is 14.6. The highest BCUT2D eigenvalue weighted by Crippen LogP contribution is 2.16. The van der Waals surface area contributed by atoms with E-state index in [0.717, 1.165) is 17.5 Å². The van der Waals surface area contributed by atoms with Crippen molar-refractivity contribution in [3.8, 4) is 0 Å². The molecule has 3 nitrogen and oxygen atoms in total. The Morgan fingerprint density at radius 2 is 1.93 bits per heavy atom. The van der Waals surface area contributed by atoms with Crippen LogP contribution in [0.5, 0.6) is 0 Å². The van der Waals surface area contributed by atoms with Gasteiger partial charge < -0.3 is 10.8 Å². The van der Waals surface area contributed by atoms with Crippen LogP contribution in [-0.4, -0.2) is 16.6 Å². The molecule has 82 valence electrons. The molecule has 1 aromatic rings. The van der Waals surface area contributed by atoms with Gasteiger partial charge in [-0.2, -0.15) is 0 Å². The van der Waals surface area contributed by atoms with Gasteiger partial charge >= 0.3 is 5.97 Å². The Labute approximate surface area is 89.9 Å². The van der Waals surface area contributed by atoms with Crippen LogP contribution in [0.15, 0.2) is 24.3 Å². The van der Waals surface area contributed by atoms with E-state index in [4.69, 9.17) is 10.8 Å². The first-order valence-electron chi connectivity index (χ1n) is 5.06. The van der Waals surface area contributed by atoms with Crippen molar-refractivity contribution in [2.24, 2.45) is 5.73 Å². The van der Waals surface area contributed by atoms with Crippen LogP contribution in [0.3, 0.4) is 0 Å². The van der Waals surface area contributed by atoms with Gasteiger partial charge in [0.25, 0.3) is 0 Å². The second kappa shape index (κ2) is 4.45. The highest BCUT2D eigenvalue weighted by Gasteiger charge is 2.28. The minimum absolute atomic E-state index is 0.367. The molecule has 0 heterocycles. The lowest BCUT2D eigenvalue weighted by Crippen LogP contribution is -2.47. The number of aryl methyl sites for hydroxylation is 1. The molecule has 1 rings (SSSR count). The Morgan fingerprint density at radius 3 is 2.40 bits per heavy atom. The van der Waals surface area contributed by atoms with Gasteiger partial charge in [0.1, 0.15) is 5.54 Å². The minimum Gasteiger partial charge on any atom is -0.480 e. The lowest BCUT2D eigenvalue weighted by molar-refractivity contribution is -0.142. The van der Waals surface area contributed by atoms with Crippen molar-refractivity contribution in [1.29, 1.82) is 0 Å². The molecule has 0 aliphatic rings. The summed E-state index contributed by atoms with van der Waals surface area (Å²) >= 11 is 0. The fraction of sp³-hybridized carbons (Fsp3) is 0.417. The molecule has 0 saturated carbocycles. The van der Waals surface area contributed by atoms with E-state index in [-0.39, 0.29) is 0 Å². The molecule has 1 unspecified atom stereocenters. The SMILES string of the molecule is CCc1ccccc1CC(C)(N)C(=O)O. The van der Waals surface area contributed by atoms with E-state index in [0.29, 0.717) is 6.42 Å².